The van der Waals surface area contributed by atoms with Crippen LogP contribution in [-0.4, -0.2) is 83.0 Å². The molecule has 2 saturated heterocycles. The molecule has 3 atom stereocenters. The zero-order valence-corrected chi connectivity index (χ0v) is 33.5. The SMILES string of the molecule is CC(C)(C)C(=O)OCOP(=O)(OCOC(=O)C(C)(C)C)C(F)(F)c1ccc(C=CC(=O)N[C@H]2CCCCC3CC[C@@H](C(=O)NCCc4cn[nH]c4)N3C2=O)cc1. The summed E-state index contributed by atoms with van der Waals surface area (Å²) >= 11 is 0. The molecule has 18 heteroatoms. The normalized spacial score (nSPS) is 19.5. The number of carbonyl (C=O) groups excluding carboxylic acids is 5. The molecule has 2 aromatic rings. The number of amides is 3. The van der Waals surface area contributed by atoms with Gasteiger partial charge in [0.25, 0.3) is 0 Å². The average molecular weight is 808 g/mol. The Bertz CT molecular complexity index is 1740. The molecule has 0 bridgehead atoms. The lowest BCUT2D eigenvalue weighted by Gasteiger charge is -2.35. The Morgan fingerprint density at radius 2 is 1.54 bits per heavy atom. The van der Waals surface area contributed by atoms with Gasteiger partial charge in [0.05, 0.1) is 17.0 Å². The van der Waals surface area contributed by atoms with E-state index >= 15 is 8.78 Å². The van der Waals surface area contributed by atoms with E-state index in [1.54, 1.807) is 17.3 Å². The van der Waals surface area contributed by atoms with Gasteiger partial charge in [0.1, 0.15) is 12.1 Å². The number of carbonyl (C=O) groups is 5. The highest BCUT2D eigenvalue weighted by molar-refractivity contribution is 7.54. The highest BCUT2D eigenvalue weighted by Crippen LogP contribution is 2.67. The summed E-state index contributed by atoms with van der Waals surface area (Å²) in [6.07, 6.45) is 10.4. The van der Waals surface area contributed by atoms with E-state index in [9.17, 15) is 28.5 Å². The van der Waals surface area contributed by atoms with Gasteiger partial charge >= 0.3 is 25.2 Å². The molecule has 0 radical (unpaired) electrons. The fraction of sp³-hybridized carbons (Fsp3) is 0.579. The number of H-pyrrole nitrogens is 1. The van der Waals surface area contributed by atoms with Crippen LogP contribution < -0.4 is 10.6 Å². The Kier molecular flexibility index (Phi) is 14.7. The van der Waals surface area contributed by atoms with Crippen molar-refractivity contribution in [2.75, 3.05) is 20.1 Å². The van der Waals surface area contributed by atoms with Crippen LogP contribution in [0.3, 0.4) is 0 Å². The van der Waals surface area contributed by atoms with E-state index < -0.39 is 73.2 Å². The second kappa shape index (κ2) is 18.6. The lowest BCUT2D eigenvalue weighted by atomic mass is 9.98. The molecule has 2 aliphatic heterocycles. The largest absolute Gasteiger partial charge is 0.438 e. The van der Waals surface area contributed by atoms with Gasteiger partial charge in [-0.25, -0.2) is 0 Å². The van der Waals surface area contributed by atoms with E-state index in [1.807, 2.05) is 0 Å². The number of rotatable bonds is 15. The second-order valence-corrected chi connectivity index (χ2v) is 17.9. The second-order valence-electron chi connectivity index (χ2n) is 15.8. The van der Waals surface area contributed by atoms with E-state index in [1.165, 1.54) is 59.8 Å². The summed E-state index contributed by atoms with van der Waals surface area (Å²) in [5.41, 5.74) is -5.88. The predicted molar refractivity (Wildman–Crippen MR) is 199 cm³/mol. The zero-order chi connectivity index (χ0) is 41.3. The molecule has 4 rings (SSSR count). The highest BCUT2D eigenvalue weighted by atomic mass is 31.2. The highest BCUT2D eigenvalue weighted by Gasteiger charge is 2.56. The van der Waals surface area contributed by atoms with Crippen molar-refractivity contribution in [3.8, 4) is 0 Å². The number of hydrogen-bond donors (Lipinski definition) is 3. The van der Waals surface area contributed by atoms with Crippen LogP contribution in [0.1, 0.15) is 96.8 Å². The first-order chi connectivity index (χ1) is 26.2. The summed E-state index contributed by atoms with van der Waals surface area (Å²) in [4.78, 5) is 66.0. The third-order valence-electron chi connectivity index (χ3n) is 9.30. The molecule has 3 N–H and O–H groups in total. The van der Waals surface area contributed by atoms with E-state index in [2.05, 4.69) is 20.8 Å². The number of benzene rings is 1. The first kappa shape index (κ1) is 44.2. The topological polar surface area (TPSA) is 195 Å². The molecule has 3 heterocycles. The van der Waals surface area contributed by atoms with Crippen molar-refractivity contribution >= 4 is 43.3 Å². The van der Waals surface area contributed by atoms with Gasteiger partial charge in [0.2, 0.25) is 31.3 Å². The minimum Gasteiger partial charge on any atom is -0.438 e. The smallest absolute Gasteiger partial charge is 0.410 e. The molecule has 3 amide bonds. The standard InChI is InChI=1S/C38H52F2N5O10P/c1-36(2,3)34(49)52-23-54-56(51,55-24-53-35(50)37(4,5)6)38(39,40)27-14-11-25(12-15-27)13-18-31(46)44-29-10-8-7-9-28-16-17-30(45(28)33(29)48)32(47)41-20-19-26-21-42-43-22-26/h11-15,18,21-22,28-30H,7-10,16-17,19-20,23-24H2,1-6H3,(H,41,47)(H,42,43)(H,44,46)/t28?,29-,30-/m0/s1. The summed E-state index contributed by atoms with van der Waals surface area (Å²) in [5, 5.41) is 12.3. The minimum atomic E-state index is -5.51. The van der Waals surface area contributed by atoms with Gasteiger partial charge in [-0.1, -0.05) is 37.1 Å². The maximum atomic E-state index is 15.9. The fourth-order valence-electron chi connectivity index (χ4n) is 6.06. The third kappa shape index (κ3) is 11.5. The van der Waals surface area contributed by atoms with Crippen molar-refractivity contribution < 1.29 is 55.8 Å². The Balaban J connectivity index is 1.40. The number of nitrogens with one attached hydrogen (secondary N) is 3. The van der Waals surface area contributed by atoms with Crippen LogP contribution in [0.5, 0.6) is 0 Å². The van der Waals surface area contributed by atoms with Crippen LogP contribution in [0.4, 0.5) is 8.78 Å². The van der Waals surface area contributed by atoms with Crippen molar-refractivity contribution in [1.82, 2.24) is 25.7 Å². The Labute approximate surface area is 325 Å². The zero-order valence-electron chi connectivity index (χ0n) is 32.6. The van der Waals surface area contributed by atoms with E-state index in [-0.39, 0.29) is 17.9 Å². The Hall–Kier alpha value is -4.47. The summed E-state index contributed by atoms with van der Waals surface area (Å²) in [6.45, 7) is 7.27. The van der Waals surface area contributed by atoms with E-state index in [0.29, 0.717) is 44.2 Å². The van der Waals surface area contributed by atoms with Gasteiger partial charge in [0, 0.05) is 30.4 Å². The third-order valence-corrected chi connectivity index (χ3v) is 11.1. The molecular formula is C38H52F2N5O10P. The first-order valence-corrected chi connectivity index (χ1v) is 20.1. The van der Waals surface area contributed by atoms with Crippen LogP contribution in [0.25, 0.3) is 6.08 Å². The van der Waals surface area contributed by atoms with Gasteiger partial charge in [0.15, 0.2) is 0 Å². The van der Waals surface area contributed by atoms with Crippen molar-refractivity contribution in [3.63, 3.8) is 0 Å². The Morgan fingerprint density at radius 3 is 2.11 bits per heavy atom. The summed E-state index contributed by atoms with van der Waals surface area (Å²) in [5.74, 6) is -2.79. The first-order valence-electron chi connectivity index (χ1n) is 18.5. The number of fused-ring (bicyclic) bond motifs is 1. The molecule has 0 spiro atoms. The molecule has 0 saturated carbocycles. The number of aromatic nitrogens is 2. The summed E-state index contributed by atoms with van der Waals surface area (Å²) < 4.78 is 64.9. The van der Waals surface area contributed by atoms with Crippen molar-refractivity contribution in [3.05, 3.63) is 59.4 Å². The molecule has 308 valence electrons. The molecule has 56 heavy (non-hydrogen) atoms. The number of esters is 2. The molecule has 2 fully saturated rings. The van der Waals surface area contributed by atoms with E-state index in [4.69, 9.17) is 18.5 Å². The molecule has 15 nitrogen and oxygen atoms in total. The van der Waals surface area contributed by atoms with Crippen LogP contribution in [0.2, 0.25) is 0 Å². The number of halogens is 2. The number of ether oxygens (including phenoxy) is 2. The lowest BCUT2D eigenvalue weighted by Crippen LogP contribution is -2.56. The van der Waals surface area contributed by atoms with Crippen molar-refractivity contribution in [2.24, 2.45) is 10.8 Å². The predicted octanol–water partition coefficient (Wildman–Crippen LogP) is 5.57. The van der Waals surface area contributed by atoms with Gasteiger partial charge < -0.3 is 25.0 Å². The Morgan fingerprint density at radius 1 is 0.929 bits per heavy atom. The van der Waals surface area contributed by atoms with Crippen molar-refractivity contribution in [1.29, 1.82) is 0 Å². The number of aromatic amines is 1. The lowest BCUT2D eigenvalue weighted by molar-refractivity contribution is -0.163. The number of alkyl halides is 2. The van der Waals surface area contributed by atoms with Crippen LogP contribution in [0, 0.1) is 10.8 Å². The molecule has 1 aromatic carbocycles. The van der Waals surface area contributed by atoms with Gasteiger partial charge in [-0.3, -0.25) is 42.7 Å². The molecule has 2 aliphatic rings. The molecule has 1 aromatic heterocycles. The monoisotopic (exact) mass is 807 g/mol. The fourth-order valence-corrected chi connectivity index (χ4v) is 7.31. The average Bonchev–Trinajstić information content (AvgIpc) is 3.80. The quantitative estimate of drug-likeness (QED) is 0.0882. The minimum absolute atomic E-state index is 0.109. The van der Waals surface area contributed by atoms with Gasteiger partial charge in [-0.05, 0) is 90.8 Å². The van der Waals surface area contributed by atoms with Crippen LogP contribution >= 0.6 is 7.60 Å². The van der Waals surface area contributed by atoms with Crippen LogP contribution in [0.15, 0.2) is 42.7 Å². The van der Waals surface area contributed by atoms with E-state index in [0.717, 1.165) is 36.6 Å². The number of nitrogens with zero attached hydrogens (tertiary/aromatic N) is 2. The van der Waals surface area contributed by atoms with Gasteiger partial charge in [-0.15, -0.1) is 0 Å². The van der Waals surface area contributed by atoms with Crippen LogP contribution in [-0.2, 0) is 59.1 Å². The van der Waals surface area contributed by atoms with Crippen molar-refractivity contribution in [2.45, 2.75) is 110 Å². The maximum Gasteiger partial charge on any atom is 0.410 e. The molecule has 1 unspecified atom stereocenters. The summed E-state index contributed by atoms with van der Waals surface area (Å²) in [7, 11) is -5.51. The molecule has 0 aliphatic carbocycles. The molecular weight excluding hydrogens is 755 g/mol. The van der Waals surface area contributed by atoms with Gasteiger partial charge in [-0.2, -0.15) is 13.9 Å². The summed E-state index contributed by atoms with van der Waals surface area (Å²) in [6, 6.07) is 2.75. The maximum absolute atomic E-state index is 15.9. The number of hydrogen-bond acceptors (Lipinski definition) is 11.